The molecule has 0 atom stereocenters. The molecule has 2 rings (SSSR count). The van der Waals surface area contributed by atoms with E-state index in [1.807, 2.05) is 6.92 Å². The maximum atomic E-state index is 12.1. The summed E-state index contributed by atoms with van der Waals surface area (Å²) in [6, 6.07) is 6.69. The van der Waals surface area contributed by atoms with Crippen molar-refractivity contribution >= 4 is 11.6 Å². The summed E-state index contributed by atoms with van der Waals surface area (Å²) in [6.45, 7) is 3.44. The number of hydrogen-bond acceptors (Lipinski definition) is 3. The average molecular weight is 232 g/mol. The van der Waals surface area contributed by atoms with Crippen LogP contribution in [0.25, 0.3) is 0 Å². The summed E-state index contributed by atoms with van der Waals surface area (Å²) in [5.41, 5.74) is 2.64. The molecule has 1 amide bonds. The Morgan fingerprint density at radius 3 is 2.65 bits per heavy atom. The van der Waals surface area contributed by atoms with Gasteiger partial charge in [-0.25, -0.2) is 0 Å². The Kier molecular flexibility index (Phi) is 3.15. The lowest BCUT2D eigenvalue weighted by Gasteiger charge is -2.24. The van der Waals surface area contributed by atoms with E-state index >= 15 is 0 Å². The third kappa shape index (κ3) is 2.31. The predicted octanol–water partition coefficient (Wildman–Crippen LogP) is 1.27. The molecule has 1 fully saturated rings. The zero-order valence-electron chi connectivity index (χ0n) is 10.0. The summed E-state index contributed by atoms with van der Waals surface area (Å²) < 4.78 is 0. The maximum Gasteiger partial charge on any atom is 0.253 e. The van der Waals surface area contributed by atoms with Crippen molar-refractivity contribution in [1.82, 2.24) is 5.32 Å². The van der Waals surface area contributed by atoms with E-state index in [2.05, 4.69) is 5.32 Å². The third-order valence-corrected chi connectivity index (χ3v) is 3.05. The van der Waals surface area contributed by atoms with Crippen LogP contribution in [0.15, 0.2) is 35.4 Å². The maximum absolute atomic E-state index is 12.1. The van der Waals surface area contributed by atoms with E-state index in [9.17, 15) is 9.90 Å². The molecule has 0 radical (unpaired) electrons. The van der Waals surface area contributed by atoms with E-state index in [0.29, 0.717) is 5.69 Å². The molecule has 1 aromatic rings. The number of aromatic hydroxyl groups is 1. The highest BCUT2D eigenvalue weighted by Gasteiger charge is 2.19. The second-order valence-corrected chi connectivity index (χ2v) is 4.22. The van der Waals surface area contributed by atoms with Gasteiger partial charge in [0.05, 0.1) is 0 Å². The number of phenolic OH excluding ortho intramolecular Hbond substituents is 1. The molecule has 4 nitrogen and oxygen atoms in total. The average Bonchev–Trinajstić information content (AvgIpc) is 2.24. The van der Waals surface area contributed by atoms with Crippen molar-refractivity contribution in [2.24, 2.45) is 0 Å². The van der Waals surface area contributed by atoms with E-state index in [-0.39, 0.29) is 11.7 Å². The lowest BCUT2D eigenvalue weighted by Crippen LogP contribution is -2.38. The second-order valence-electron chi connectivity index (χ2n) is 4.22. The number of nitrogens with zero attached hydrogens (tertiary/aromatic N) is 1. The van der Waals surface area contributed by atoms with Gasteiger partial charge in [0.1, 0.15) is 5.75 Å². The predicted molar refractivity (Wildman–Crippen MR) is 67.1 cm³/mol. The Morgan fingerprint density at radius 1 is 1.41 bits per heavy atom. The number of likely N-dealkylation sites (N-methyl/N-ethyl adjacent to an activating group) is 1. The fraction of sp³-hybridized carbons (Fsp3) is 0.308. The van der Waals surface area contributed by atoms with Crippen LogP contribution < -0.4 is 10.2 Å². The Balaban J connectivity index is 2.20. The summed E-state index contributed by atoms with van der Waals surface area (Å²) in [5, 5.41) is 12.5. The van der Waals surface area contributed by atoms with Crippen molar-refractivity contribution in [3.8, 4) is 5.75 Å². The first-order valence-electron chi connectivity index (χ1n) is 5.56. The summed E-state index contributed by atoms with van der Waals surface area (Å²) in [7, 11) is 1.72. The van der Waals surface area contributed by atoms with E-state index in [1.54, 1.807) is 36.2 Å². The SMILES string of the molecule is CC(C(=O)N(C)c1cccc(O)c1)=C1CNC1. The van der Waals surface area contributed by atoms with Crippen LogP contribution in [0.5, 0.6) is 5.75 Å². The Bertz CT molecular complexity index is 474. The molecule has 0 spiro atoms. The van der Waals surface area contributed by atoms with Crippen molar-refractivity contribution in [2.45, 2.75) is 6.92 Å². The van der Waals surface area contributed by atoms with Crippen molar-refractivity contribution in [1.29, 1.82) is 0 Å². The van der Waals surface area contributed by atoms with Crippen molar-refractivity contribution in [3.63, 3.8) is 0 Å². The zero-order chi connectivity index (χ0) is 12.4. The molecule has 17 heavy (non-hydrogen) atoms. The fourth-order valence-electron chi connectivity index (χ4n) is 1.74. The highest BCUT2D eigenvalue weighted by molar-refractivity contribution is 6.05. The van der Waals surface area contributed by atoms with Crippen molar-refractivity contribution < 1.29 is 9.90 Å². The number of nitrogens with one attached hydrogen (secondary N) is 1. The number of phenols is 1. The monoisotopic (exact) mass is 232 g/mol. The van der Waals surface area contributed by atoms with E-state index < -0.39 is 0 Å². The van der Waals surface area contributed by atoms with Crippen LogP contribution in [0.4, 0.5) is 5.69 Å². The number of carbonyl (C=O) groups excluding carboxylic acids is 1. The van der Waals surface area contributed by atoms with Gasteiger partial charge in [-0.1, -0.05) is 6.07 Å². The molecule has 0 bridgehead atoms. The minimum absolute atomic E-state index is 0.0212. The molecular weight excluding hydrogens is 216 g/mol. The Morgan fingerprint density at radius 2 is 2.12 bits per heavy atom. The van der Waals surface area contributed by atoms with E-state index in [4.69, 9.17) is 0 Å². The molecule has 0 saturated carbocycles. The first-order chi connectivity index (χ1) is 8.09. The highest BCUT2D eigenvalue weighted by Crippen LogP contribution is 2.21. The van der Waals surface area contributed by atoms with Gasteiger partial charge in [-0.2, -0.15) is 0 Å². The van der Waals surface area contributed by atoms with Gasteiger partial charge >= 0.3 is 0 Å². The standard InChI is InChI=1S/C13H16N2O2/c1-9(10-7-14-8-10)13(17)15(2)11-4-3-5-12(16)6-11/h3-6,14,16H,7-8H2,1-2H3. The normalized spacial score (nSPS) is 14.1. The van der Waals surface area contributed by atoms with Gasteiger partial charge in [-0.3, -0.25) is 4.79 Å². The lowest BCUT2D eigenvalue weighted by molar-refractivity contribution is -0.114. The summed E-state index contributed by atoms with van der Waals surface area (Å²) in [6.07, 6.45) is 0. The minimum atomic E-state index is -0.0212. The van der Waals surface area contributed by atoms with Gasteiger partial charge in [0.2, 0.25) is 0 Å². The van der Waals surface area contributed by atoms with Gasteiger partial charge in [0, 0.05) is 37.5 Å². The van der Waals surface area contributed by atoms with Gasteiger partial charge in [0.25, 0.3) is 5.91 Å². The van der Waals surface area contributed by atoms with E-state index in [0.717, 1.165) is 24.2 Å². The topological polar surface area (TPSA) is 52.6 Å². The third-order valence-electron chi connectivity index (χ3n) is 3.05. The smallest absolute Gasteiger partial charge is 0.253 e. The molecule has 0 unspecified atom stereocenters. The Hall–Kier alpha value is -1.81. The summed E-state index contributed by atoms with van der Waals surface area (Å²) >= 11 is 0. The van der Waals surface area contributed by atoms with Crippen LogP contribution in [0.3, 0.4) is 0 Å². The van der Waals surface area contributed by atoms with Gasteiger partial charge in [-0.15, -0.1) is 0 Å². The Labute approximate surface area is 101 Å². The van der Waals surface area contributed by atoms with Crippen LogP contribution in [-0.2, 0) is 4.79 Å². The van der Waals surface area contributed by atoms with Crippen LogP contribution in [0.2, 0.25) is 0 Å². The van der Waals surface area contributed by atoms with Crippen LogP contribution in [-0.4, -0.2) is 31.2 Å². The first kappa shape index (κ1) is 11.7. The zero-order valence-corrected chi connectivity index (χ0v) is 10.0. The number of hydrogen-bond donors (Lipinski definition) is 2. The number of anilines is 1. The molecule has 0 aromatic heterocycles. The molecule has 1 saturated heterocycles. The van der Waals surface area contributed by atoms with Crippen molar-refractivity contribution in [2.75, 3.05) is 25.0 Å². The second kappa shape index (κ2) is 4.59. The van der Waals surface area contributed by atoms with E-state index in [1.165, 1.54) is 0 Å². The molecule has 0 aliphatic carbocycles. The molecular formula is C13H16N2O2. The summed E-state index contributed by atoms with van der Waals surface area (Å²) in [5.74, 6) is 0.143. The van der Waals surface area contributed by atoms with Crippen LogP contribution >= 0.6 is 0 Å². The number of benzene rings is 1. The van der Waals surface area contributed by atoms with Crippen LogP contribution in [0.1, 0.15) is 6.92 Å². The number of amides is 1. The van der Waals surface area contributed by atoms with Gasteiger partial charge in [-0.05, 0) is 24.6 Å². The van der Waals surface area contributed by atoms with Gasteiger partial charge < -0.3 is 15.3 Å². The van der Waals surface area contributed by atoms with Gasteiger partial charge in [0.15, 0.2) is 0 Å². The number of rotatable bonds is 2. The minimum Gasteiger partial charge on any atom is -0.508 e. The molecule has 1 aliphatic rings. The fourth-order valence-corrected chi connectivity index (χ4v) is 1.74. The molecule has 1 heterocycles. The summed E-state index contributed by atoms with van der Waals surface area (Å²) in [4.78, 5) is 13.7. The largest absolute Gasteiger partial charge is 0.508 e. The molecule has 1 aromatic carbocycles. The van der Waals surface area contributed by atoms with Crippen LogP contribution in [0, 0.1) is 0 Å². The molecule has 2 N–H and O–H groups in total. The molecule has 1 aliphatic heterocycles. The lowest BCUT2D eigenvalue weighted by atomic mass is 10.0. The first-order valence-corrected chi connectivity index (χ1v) is 5.56. The quantitative estimate of drug-likeness (QED) is 0.755. The number of carbonyl (C=O) groups is 1. The van der Waals surface area contributed by atoms with Crippen molar-refractivity contribution in [3.05, 3.63) is 35.4 Å². The molecule has 4 heteroatoms. The molecule has 90 valence electrons. The highest BCUT2D eigenvalue weighted by atomic mass is 16.3.